The Bertz CT molecular complexity index is 926. The molecule has 5 N–H and O–H groups in total. The summed E-state index contributed by atoms with van der Waals surface area (Å²) >= 11 is 0. The second kappa shape index (κ2) is 48.9. The molecule has 0 saturated heterocycles. The SMILES string of the molecule is CCCCCCCCCCCCCCCCCCCCCCCCCCCCCCCCC(=O)N[C@@H](COP(=O)(O)OCCN)[C@H](O)CCCCCCCCCCCCCC. The summed E-state index contributed by atoms with van der Waals surface area (Å²) in [6.45, 7) is 4.25. The first kappa shape index (κ1) is 60.5. The van der Waals surface area contributed by atoms with Gasteiger partial charge in [0.15, 0.2) is 0 Å². The number of amides is 1. The van der Waals surface area contributed by atoms with Crippen molar-refractivity contribution >= 4 is 13.7 Å². The molecule has 0 spiro atoms. The summed E-state index contributed by atoms with van der Waals surface area (Å²) < 4.78 is 22.2. The van der Waals surface area contributed by atoms with Gasteiger partial charge in [0.25, 0.3) is 0 Å². The predicted molar refractivity (Wildman–Crippen MR) is 263 cm³/mol. The summed E-state index contributed by atoms with van der Waals surface area (Å²) in [5.74, 6) is -0.154. The molecule has 366 valence electrons. The lowest BCUT2D eigenvalue weighted by Crippen LogP contribution is -2.46. The van der Waals surface area contributed by atoms with Crippen LogP contribution >= 0.6 is 7.82 Å². The highest BCUT2D eigenvalue weighted by molar-refractivity contribution is 7.47. The van der Waals surface area contributed by atoms with Crippen LogP contribution in [0.1, 0.15) is 296 Å². The number of carbonyl (C=O) groups is 1. The van der Waals surface area contributed by atoms with Crippen molar-refractivity contribution in [3.63, 3.8) is 0 Å². The van der Waals surface area contributed by atoms with Gasteiger partial charge in [-0.2, -0.15) is 0 Å². The van der Waals surface area contributed by atoms with Crippen molar-refractivity contribution < 1.29 is 28.4 Å². The highest BCUT2D eigenvalue weighted by Gasteiger charge is 2.27. The Morgan fingerprint density at radius 3 is 1.05 bits per heavy atom. The molecular formula is C52H107N2O6P. The fourth-order valence-electron chi connectivity index (χ4n) is 8.61. The maximum absolute atomic E-state index is 12.8. The smallest absolute Gasteiger partial charge is 0.391 e. The molecule has 0 radical (unpaired) electrons. The van der Waals surface area contributed by atoms with Crippen molar-refractivity contribution in [1.29, 1.82) is 0 Å². The van der Waals surface area contributed by atoms with Gasteiger partial charge in [-0.05, 0) is 12.8 Å². The van der Waals surface area contributed by atoms with Crippen LogP contribution in [0.15, 0.2) is 0 Å². The molecule has 9 heteroatoms. The van der Waals surface area contributed by atoms with E-state index in [-0.39, 0.29) is 25.7 Å². The number of nitrogens with two attached hydrogens (primary N) is 1. The second-order valence-corrected chi connectivity index (χ2v) is 20.3. The van der Waals surface area contributed by atoms with Crippen LogP contribution in [0.3, 0.4) is 0 Å². The highest BCUT2D eigenvalue weighted by Crippen LogP contribution is 2.43. The summed E-state index contributed by atoms with van der Waals surface area (Å²) in [5, 5.41) is 13.8. The standard InChI is InChI=1S/C52H107N2O6P/c1-3-5-7-9-11-13-15-17-18-19-20-21-22-23-24-25-26-27-28-29-30-31-32-33-34-36-38-40-42-44-46-52(56)54-50(49-60-61(57,58)59-48-47-53)51(55)45-43-41-39-37-35-16-14-12-10-8-6-4-2/h50-51,55H,3-49,53H2,1-2H3,(H,54,56)(H,57,58)/t50-,51+/m0/s1. The molecule has 0 aromatic rings. The Balaban J connectivity index is 3.80. The van der Waals surface area contributed by atoms with Gasteiger partial charge in [0.2, 0.25) is 5.91 Å². The molecule has 0 aliphatic rings. The molecule has 0 bridgehead atoms. The molecule has 1 unspecified atom stereocenters. The van der Waals surface area contributed by atoms with Crippen molar-refractivity contribution in [3.05, 3.63) is 0 Å². The summed E-state index contributed by atoms with van der Waals surface area (Å²) in [6, 6.07) is -0.768. The Hall–Kier alpha value is -0.500. The minimum Gasteiger partial charge on any atom is -0.391 e. The minimum absolute atomic E-state index is 0.0926. The highest BCUT2D eigenvalue weighted by atomic mass is 31.2. The Morgan fingerprint density at radius 2 is 0.754 bits per heavy atom. The van der Waals surface area contributed by atoms with E-state index in [2.05, 4.69) is 19.2 Å². The number of hydrogen-bond acceptors (Lipinski definition) is 6. The molecule has 0 saturated carbocycles. The number of carbonyl (C=O) groups excluding carboxylic acids is 1. The molecule has 0 fully saturated rings. The van der Waals surface area contributed by atoms with Crippen molar-refractivity contribution in [1.82, 2.24) is 5.32 Å². The van der Waals surface area contributed by atoms with Gasteiger partial charge in [-0.25, -0.2) is 4.57 Å². The number of nitrogens with one attached hydrogen (secondary N) is 1. The summed E-state index contributed by atoms with van der Waals surface area (Å²) in [4.78, 5) is 22.8. The predicted octanol–water partition coefficient (Wildman–Crippen LogP) is 16.1. The third-order valence-corrected chi connectivity index (χ3v) is 13.7. The van der Waals surface area contributed by atoms with Gasteiger partial charge in [-0.15, -0.1) is 0 Å². The molecule has 1 amide bonds. The van der Waals surface area contributed by atoms with Gasteiger partial charge in [0.05, 0.1) is 25.4 Å². The van der Waals surface area contributed by atoms with Gasteiger partial charge < -0.3 is 21.1 Å². The van der Waals surface area contributed by atoms with E-state index in [1.807, 2.05) is 0 Å². The van der Waals surface area contributed by atoms with E-state index >= 15 is 0 Å². The maximum atomic E-state index is 12.8. The van der Waals surface area contributed by atoms with Gasteiger partial charge in [0.1, 0.15) is 0 Å². The normalized spacial score (nSPS) is 13.7. The molecule has 0 heterocycles. The number of aliphatic hydroxyl groups is 1. The van der Waals surface area contributed by atoms with Crippen LogP contribution in [0, 0.1) is 0 Å². The van der Waals surface area contributed by atoms with Crippen LogP contribution in [0.2, 0.25) is 0 Å². The number of phosphoric ester groups is 1. The summed E-state index contributed by atoms with van der Waals surface area (Å²) in [6.07, 6.45) is 55.8. The van der Waals surface area contributed by atoms with Crippen LogP contribution < -0.4 is 11.1 Å². The fraction of sp³-hybridized carbons (Fsp3) is 0.981. The van der Waals surface area contributed by atoms with E-state index in [0.29, 0.717) is 12.8 Å². The number of rotatable bonds is 52. The first-order chi connectivity index (χ1) is 29.9. The fourth-order valence-corrected chi connectivity index (χ4v) is 9.37. The zero-order valence-corrected chi connectivity index (χ0v) is 41.8. The van der Waals surface area contributed by atoms with E-state index in [0.717, 1.165) is 38.5 Å². The van der Waals surface area contributed by atoms with Crippen LogP contribution in [0.4, 0.5) is 0 Å². The van der Waals surface area contributed by atoms with Crippen LogP contribution in [-0.4, -0.2) is 47.8 Å². The van der Waals surface area contributed by atoms with Crippen LogP contribution in [-0.2, 0) is 18.4 Å². The zero-order chi connectivity index (χ0) is 44.6. The molecule has 0 aliphatic carbocycles. The molecule has 61 heavy (non-hydrogen) atoms. The van der Waals surface area contributed by atoms with E-state index < -0.39 is 20.0 Å². The average molecular weight is 887 g/mol. The lowest BCUT2D eigenvalue weighted by Gasteiger charge is -2.25. The van der Waals surface area contributed by atoms with E-state index in [1.54, 1.807) is 0 Å². The molecule has 0 aromatic carbocycles. The first-order valence-electron chi connectivity index (χ1n) is 27.2. The van der Waals surface area contributed by atoms with Gasteiger partial charge >= 0.3 is 7.82 Å². The van der Waals surface area contributed by atoms with Crippen molar-refractivity contribution in [2.24, 2.45) is 5.73 Å². The van der Waals surface area contributed by atoms with Crippen LogP contribution in [0.25, 0.3) is 0 Å². The number of aliphatic hydroxyl groups excluding tert-OH is 1. The Kier molecular flexibility index (Phi) is 48.5. The monoisotopic (exact) mass is 887 g/mol. The first-order valence-corrected chi connectivity index (χ1v) is 28.6. The van der Waals surface area contributed by atoms with E-state index in [1.165, 1.54) is 231 Å². The molecule has 0 aliphatic heterocycles. The number of unbranched alkanes of at least 4 members (excludes halogenated alkanes) is 40. The van der Waals surface area contributed by atoms with Gasteiger partial charge in [-0.1, -0.05) is 277 Å². The lowest BCUT2D eigenvalue weighted by atomic mass is 10.0. The maximum Gasteiger partial charge on any atom is 0.472 e. The van der Waals surface area contributed by atoms with Crippen molar-refractivity contribution in [3.8, 4) is 0 Å². The second-order valence-electron chi connectivity index (χ2n) is 18.8. The number of hydrogen-bond donors (Lipinski definition) is 4. The van der Waals surface area contributed by atoms with Crippen molar-refractivity contribution in [2.45, 2.75) is 309 Å². The van der Waals surface area contributed by atoms with Gasteiger partial charge in [-0.3, -0.25) is 13.8 Å². The Labute approximate surface area is 380 Å². The van der Waals surface area contributed by atoms with Crippen LogP contribution in [0.5, 0.6) is 0 Å². The molecule has 0 rings (SSSR count). The summed E-state index contributed by atoms with van der Waals surface area (Å²) in [7, 11) is -4.31. The lowest BCUT2D eigenvalue weighted by molar-refractivity contribution is -0.123. The Morgan fingerprint density at radius 1 is 0.475 bits per heavy atom. The van der Waals surface area contributed by atoms with E-state index in [9.17, 15) is 19.4 Å². The topological polar surface area (TPSA) is 131 Å². The molecule has 8 nitrogen and oxygen atoms in total. The third kappa shape index (κ3) is 47.3. The quantitative estimate of drug-likeness (QED) is 0.0353. The summed E-state index contributed by atoms with van der Waals surface area (Å²) in [5.41, 5.74) is 5.39. The van der Waals surface area contributed by atoms with Gasteiger partial charge in [0, 0.05) is 13.0 Å². The zero-order valence-electron chi connectivity index (χ0n) is 40.9. The number of phosphoric acid groups is 1. The third-order valence-electron chi connectivity index (χ3n) is 12.7. The van der Waals surface area contributed by atoms with Crippen molar-refractivity contribution in [2.75, 3.05) is 19.8 Å². The average Bonchev–Trinajstić information content (AvgIpc) is 3.25. The largest absolute Gasteiger partial charge is 0.472 e. The molecular weight excluding hydrogens is 780 g/mol. The van der Waals surface area contributed by atoms with E-state index in [4.69, 9.17) is 14.8 Å². The molecule has 3 atom stereocenters. The molecule has 0 aromatic heterocycles. The minimum atomic E-state index is -4.31.